The van der Waals surface area contributed by atoms with Crippen molar-refractivity contribution >= 4 is 23.0 Å². The molecule has 2 rings (SSSR count). The Bertz CT molecular complexity index is 485. The monoisotopic (exact) mass is 259 g/mol. The van der Waals surface area contributed by atoms with E-state index in [-0.39, 0.29) is 17.3 Å². The third-order valence-electron chi connectivity index (χ3n) is 2.65. The van der Waals surface area contributed by atoms with Crippen LogP contribution < -0.4 is 16.4 Å². The van der Waals surface area contributed by atoms with E-state index >= 15 is 0 Å². The van der Waals surface area contributed by atoms with E-state index in [0.29, 0.717) is 18.5 Å². The molecule has 98 valence electrons. The molecule has 0 atom stereocenters. The molecule has 0 aromatic heterocycles. The van der Waals surface area contributed by atoms with Crippen molar-refractivity contribution in [2.45, 2.75) is 19.0 Å². The molecule has 0 aliphatic carbocycles. The number of nitrogen functional groups attached to an aromatic ring is 1. The first-order valence-corrected chi connectivity index (χ1v) is 5.38. The number of aryl methyl sites for hydroxylation is 1. The topological polar surface area (TPSA) is 67.2 Å². The Morgan fingerprint density at radius 3 is 2.72 bits per heavy atom. The highest BCUT2D eigenvalue weighted by Crippen LogP contribution is 2.31. The molecular weight excluding hydrogens is 247 g/mol. The molecule has 4 N–H and O–H groups in total. The fraction of sp³-hybridized carbons (Fsp3) is 0.364. The van der Waals surface area contributed by atoms with Crippen LogP contribution in [-0.4, -0.2) is 18.6 Å². The fourth-order valence-electron chi connectivity index (χ4n) is 1.80. The van der Waals surface area contributed by atoms with Crippen LogP contribution in [0.5, 0.6) is 0 Å². The second-order valence-corrected chi connectivity index (χ2v) is 4.11. The van der Waals surface area contributed by atoms with E-state index in [1.54, 1.807) is 6.07 Å². The van der Waals surface area contributed by atoms with Crippen molar-refractivity contribution in [1.29, 1.82) is 0 Å². The van der Waals surface area contributed by atoms with E-state index in [0.717, 1.165) is 5.56 Å². The Kier molecular flexibility index (Phi) is 3.06. The zero-order chi connectivity index (χ0) is 13.3. The van der Waals surface area contributed by atoms with E-state index in [4.69, 9.17) is 5.73 Å². The summed E-state index contributed by atoms with van der Waals surface area (Å²) in [6.07, 6.45) is -3.40. The number of fused-ring (bicyclic) bond motifs is 1. The fourth-order valence-corrected chi connectivity index (χ4v) is 1.80. The number of carbonyl (C=O) groups is 1. The largest absolute Gasteiger partial charge is 0.405 e. The van der Waals surface area contributed by atoms with Crippen LogP contribution in [0.1, 0.15) is 12.0 Å². The second-order valence-electron chi connectivity index (χ2n) is 4.11. The van der Waals surface area contributed by atoms with Gasteiger partial charge in [0.05, 0.1) is 11.4 Å². The number of hydrogen-bond donors (Lipinski definition) is 3. The van der Waals surface area contributed by atoms with Crippen molar-refractivity contribution in [2.24, 2.45) is 0 Å². The van der Waals surface area contributed by atoms with Gasteiger partial charge < -0.3 is 16.4 Å². The first-order valence-electron chi connectivity index (χ1n) is 5.38. The lowest BCUT2D eigenvalue weighted by molar-refractivity contribution is -0.116. The number of anilines is 3. The van der Waals surface area contributed by atoms with Crippen LogP contribution in [0.2, 0.25) is 0 Å². The molecule has 4 nitrogen and oxygen atoms in total. The van der Waals surface area contributed by atoms with Gasteiger partial charge in [-0.05, 0) is 24.1 Å². The lowest BCUT2D eigenvalue weighted by Gasteiger charge is -2.20. The molecule has 1 heterocycles. The summed E-state index contributed by atoms with van der Waals surface area (Å²) in [7, 11) is 0. The molecule has 1 aliphatic heterocycles. The number of hydrogen-bond acceptors (Lipinski definition) is 3. The van der Waals surface area contributed by atoms with Crippen molar-refractivity contribution in [3.05, 3.63) is 17.7 Å². The molecule has 0 spiro atoms. The van der Waals surface area contributed by atoms with Crippen LogP contribution in [0.3, 0.4) is 0 Å². The van der Waals surface area contributed by atoms with Crippen molar-refractivity contribution in [3.8, 4) is 0 Å². The highest BCUT2D eigenvalue weighted by atomic mass is 19.4. The summed E-state index contributed by atoms with van der Waals surface area (Å²) in [5, 5.41) is 4.83. The van der Waals surface area contributed by atoms with Crippen LogP contribution in [0.15, 0.2) is 12.1 Å². The highest BCUT2D eigenvalue weighted by Gasteiger charge is 2.27. The lowest BCUT2D eigenvalue weighted by atomic mass is 10.0. The Morgan fingerprint density at radius 1 is 1.33 bits per heavy atom. The standard InChI is InChI=1S/C11H12F3N3O/c12-11(13,14)5-16-9-4-8-6(3-7(9)15)1-2-10(18)17-8/h3-4,16H,1-2,5,15H2,(H,17,18). The zero-order valence-corrected chi connectivity index (χ0v) is 9.40. The molecule has 0 saturated carbocycles. The van der Waals surface area contributed by atoms with Gasteiger partial charge in [-0.25, -0.2) is 0 Å². The second kappa shape index (κ2) is 4.40. The third-order valence-corrected chi connectivity index (χ3v) is 2.65. The van der Waals surface area contributed by atoms with Gasteiger partial charge in [0.1, 0.15) is 6.54 Å². The van der Waals surface area contributed by atoms with Crippen LogP contribution >= 0.6 is 0 Å². The van der Waals surface area contributed by atoms with Gasteiger partial charge in [0, 0.05) is 12.1 Å². The maximum absolute atomic E-state index is 12.1. The van der Waals surface area contributed by atoms with Gasteiger partial charge in [0.15, 0.2) is 0 Å². The molecule has 0 radical (unpaired) electrons. The highest BCUT2D eigenvalue weighted by molar-refractivity contribution is 5.95. The molecule has 0 unspecified atom stereocenters. The van der Waals surface area contributed by atoms with Gasteiger partial charge >= 0.3 is 6.18 Å². The van der Waals surface area contributed by atoms with E-state index in [1.165, 1.54) is 6.07 Å². The van der Waals surface area contributed by atoms with Gasteiger partial charge in [-0.1, -0.05) is 0 Å². The molecule has 1 aromatic rings. The average Bonchev–Trinajstić information content (AvgIpc) is 2.26. The normalized spacial score (nSPS) is 14.9. The maximum atomic E-state index is 12.1. The quantitative estimate of drug-likeness (QED) is 0.713. The van der Waals surface area contributed by atoms with Crippen LogP contribution in [-0.2, 0) is 11.2 Å². The minimum Gasteiger partial charge on any atom is -0.397 e. The summed E-state index contributed by atoms with van der Waals surface area (Å²) in [6, 6.07) is 3.03. The summed E-state index contributed by atoms with van der Waals surface area (Å²) in [6.45, 7) is -1.16. The van der Waals surface area contributed by atoms with Crippen molar-refractivity contribution in [2.75, 3.05) is 22.9 Å². The maximum Gasteiger partial charge on any atom is 0.405 e. The smallest absolute Gasteiger partial charge is 0.397 e. The number of benzene rings is 1. The van der Waals surface area contributed by atoms with E-state index in [9.17, 15) is 18.0 Å². The van der Waals surface area contributed by atoms with Gasteiger partial charge in [0.25, 0.3) is 0 Å². The van der Waals surface area contributed by atoms with Gasteiger partial charge in [0.2, 0.25) is 5.91 Å². The minimum absolute atomic E-state index is 0.144. The molecule has 1 aromatic carbocycles. The Labute approximate surface area is 101 Å². The predicted octanol–water partition coefficient (Wildman–Crippen LogP) is 2.13. The summed E-state index contributed by atoms with van der Waals surface area (Å²) in [5.74, 6) is -0.144. The summed E-state index contributed by atoms with van der Waals surface area (Å²) in [4.78, 5) is 11.2. The first kappa shape index (κ1) is 12.5. The molecule has 18 heavy (non-hydrogen) atoms. The Morgan fingerprint density at radius 2 is 2.06 bits per heavy atom. The van der Waals surface area contributed by atoms with Gasteiger partial charge in [-0.2, -0.15) is 13.2 Å². The lowest BCUT2D eigenvalue weighted by Crippen LogP contribution is -2.23. The predicted molar refractivity (Wildman–Crippen MR) is 62.3 cm³/mol. The van der Waals surface area contributed by atoms with Crippen molar-refractivity contribution in [1.82, 2.24) is 0 Å². The summed E-state index contributed by atoms with van der Waals surface area (Å²) < 4.78 is 36.3. The van der Waals surface area contributed by atoms with E-state index in [1.807, 2.05) is 0 Å². The van der Waals surface area contributed by atoms with E-state index in [2.05, 4.69) is 10.6 Å². The van der Waals surface area contributed by atoms with E-state index < -0.39 is 12.7 Å². The Hall–Kier alpha value is -1.92. The Balaban J connectivity index is 2.21. The molecule has 1 amide bonds. The molecule has 0 saturated heterocycles. The molecule has 7 heteroatoms. The van der Waals surface area contributed by atoms with Crippen molar-refractivity contribution in [3.63, 3.8) is 0 Å². The molecular formula is C11H12F3N3O. The number of nitrogens with one attached hydrogen (secondary N) is 2. The number of nitrogens with two attached hydrogens (primary N) is 1. The third kappa shape index (κ3) is 2.85. The number of halogens is 3. The number of amides is 1. The summed E-state index contributed by atoms with van der Waals surface area (Å²) in [5.41, 5.74) is 7.44. The minimum atomic E-state index is -4.31. The van der Waals surface area contributed by atoms with Crippen LogP contribution in [0.25, 0.3) is 0 Å². The van der Waals surface area contributed by atoms with Crippen LogP contribution in [0.4, 0.5) is 30.2 Å². The first-order chi connectivity index (χ1) is 8.35. The molecule has 1 aliphatic rings. The number of rotatable bonds is 2. The molecule has 0 fully saturated rings. The molecule has 0 bridgehead atoms. The number of alkyl halides is 3. The summed E-state index contributed by atoms with van der Waals surface area (Å²) >= 11 is 0. The van der Waals surface area contributed by atoms with Gasteiger partial charge in [-0.15, -0.1) is 0 Å². The SMILES string of the molecule is Nc1cc2c(cc1NCC(F)(F)F)NC(=O)CC2. The average molecular weight is 259 g/mol. The zero-order valence-electron chi connectivity index (χ0n) is 9.40. The van der Waals surface area contributed by atoms with Crippen LogP contribution in [0, 0.1) is 0 Å². The number of carbonyl (C=O) groups excluding carboxylic acids is 1. The van der Waals surface area contributed by atoms with Crippen molar-refractivity contribution < 1.29 is 18.0 Å². The van der Waals surface area contributed by atoms with Gasteiger partial charge in [-0.3, -0.25) is 4.79 Å².